The highest BCUT2D eigenvalue weighted by molar-refractivity contribution is 7.99. The number of carbonyl (C=O) groups is 1. The van der Waals surface area contributed by atoms with Gasteiger partial charge in [-0.25, -0.2) is 0 Å². The molecule has 1 aliphatic carbocycles. The molecule has 1 aromatic heterocycles. The number of rotatable bonds is 6. The summed E-state index contributed by atoms with van der Waals surface area (Å²) >= 11 is 1.36. The predicted molar refractivity (Wildman–Crippen MR) is 101 cm³/mol. The Morgan fingerprint density at radius 1 is 1.27 bits per heavy atom. The normalized spacial score (nSPS) is 20.0. The molecule has 0 N–H and O–H groups in total. The summed E-state index contributed by atoms with van der Waals surface area (Å²) in [6.07, 6.45) is 4.59. The maximum absolute atomic E-state index is 12.6. The highest BCUT2D eigenvalue weighted by atomic mass is 32.2. The summed E-state index contributed by atoms with van der Waals surface area (Å²) in [5.41, 5.74) is 0.834. The van der Waals surface area contributed by atoms with Crippen molar-refractivity contribution in [2.75, 3.05) is 19.9 Å². The van der Waals surface area contributed by atoms with Gasteiger partial charge in [0.15, 0.2) is 0 Å². The number of methoxy groups -OCH3 is 1. The minimum atomic E-state index is 0.124. The van der Waals surface area contributed by atoms with Crippen molar-refractivity contribution in [3.05, 3.63) is 24.3 Å². The molecule has 0 spiro atoms. The Kier molecular flexibility index (Phi) is 6.13. The highest BCUT2D eigenvalue weighted by Crippen LogP contribution is 2.27. The molecule has 1 amide bonds. The molecule has 0 unspecified atom stereocenters. The molecular formula is C18H25N5O2S. The number of aromatic nitrogens is 4. The van der Waals surface area contributed by atoms with Gasteiger partial charge in [-0.05, 0) is 66.3 Å². The SMILES string of the molecule is COc1ccc(-n2nnnc2SCC(=O)N(C)C2CCC(C)CC2)cc1. The topological polar surface area (TPSA) is 73.1 Å². The Morgan fingerprint density at radius 3 is 2.62 bits per heavy atom. The monoisotopic (exact) mass is 375 g/mol. The fourth-order valence-electron chi connectivity index (χ4n) is 3.22. The van der Waals surface area contributed by atoms with Gasteiger partial charge in [-0.15, -0.1) is 5.10 Å². The number of benzene rings is 1. The van der Waals surface area contributed by atoms with Gasteiger partial charge in [-0.2, -0.15) is 4.68 Å². The van der Waals surface area contributed by atoms with E-state index in [1.807, 2.05) is 36.2 Å². The molecule has 1 fully saturated rings. The third kappa shape index (κ3) is 4.35. The molecule has 1 heterocycles. The van der Waals surface area contributed by atoms with E-state index in [-0.39, 0.29) is 5.91 Å². The van der Waals surface area contributed by atoms with E-state index in [9.17, 15) is 4.79 Å². The van der Waals surface area contributed by atoms with Crippen LogP contribution in [-0.2, 0) is 4.79 Å². The van der Waals surface area contributed by atoms with Gasteiger partial charge >= 0.3 is 0 Å². The van der Waals surface area contributed by atoms with Crippen LogP contribution in [0.5, 0.6) is 5.75 Å². The summed E-state index contributed by atoms with van der Waals surface area (Å²) in [5.74, 6) is 2.01. The molecule has 1 saturated carbocycles. The van der Waals surface area contributed by atoms with E-state index in [1.54, 1.807) is 11.8 Å². The Labute approximate surface area is 158 Å². The molecule has 2 aromatic rings. The number of nitrogens with zero attached hydrogens (tertiary/aromatic N) is 5. The third-order valence-corrected chi connectivity index (χ3v) is 5.91. The van der Waals surface area contributed by atoms with Gasteiger partial charge in [0, 0.05) is 13.1 Å². The zero-order valence-electron chi connectivity index (χ0n) is 15.5. The standard InChI is InChI=1S/C18H25N5O2S/c1-13-4-6-14(7-5-13)22(2)17(24)12-26-18-19-20-21-23(18)15-8-10-16(25-3)11-9-15/h8-11,13-14H,4-7,12H2,1-3H3. The van der Waals surface area contributed by atoms with Gasteiger partial charge in [0.05, 0.1) is 18.6 Å². The van der Waals surface area contributed by atoms with Crippen LogP contribution < -0.4 is 4.74 Å². The summed E-state index contributed by atoms with van der Waals surface area (Å²) in [4.78, 5) is 14.5. The zero-order valence-corrected chi connectivity index (χ0v) is 16.3. The Bertz CT molecular complexity index is 725. The van der Waals surface area contributed by atoms with Crippen molar-refractivity contribution in [1.82, 2.24) is 25.1 Å². The summed E-state index contributed by atoms with van der Waals surface area (Å²) in [7, 11) is 3.54. The lowest BCUT2D eigenvalue weighted by Crippen LogP contribution is -2.40. The zero-order chi connectivity index (χ0) is 18.5. The number of hydrogen-bond acceptors (Lipinski definition) is 6. The largest absolute Gasteiger partial charge is 0.497 e. The molecule has 26 heavy (non-hydrogen) atoms. The van der Waals surface area contributed by atoms with Gasteiger partial charge in [0.2, 0.25) is 11.1 Å². The van der Waals surface area contributed by atoms with Gasteiger partial charge in [0.25, 0.3) is 0 Å². The molecule has 140 valence electrons. The minimum Gasteiger partial charge on any atom is -0.497 e. The molecule has 3 rings (SSSR count). The van der Waals surface area contributed by atoms with Crippen molar-refractivity contribution in [2.24, 2.45) is 5.92 Å². The van der Waals surface area contributed by atoms with E-state index in [1.165, 1.54) is 24.6 Å². The summed E-state index contributed by atoms with van der Waals surface area (Å²) in [5, 5.41) is 12.4. The number of tetrazole rings is 1. The van der Waals surface area contributed by atoms with E-state index in [0.717, 1.165) is 30.2 Å². The molecule has 0 saturated heterocycles. The maximum atomic E-state index is 12.6. The Morgan fingerprint density at radius 2 is 1.96 bits per heavy atom. The lowest BCUT2D eigenvalue weighted by molar-refractivity contribution is -0.129. The lowest BCUT2D eigenvalue weighted by Gasteiger charge is -2.33. The van der Waals surface area contributed by atoms with E-state index < -0.39 is 0 Å². The fraction of sp³-hybridized carbons (Fsp3) is 0.556. The van der Waals surface area contributed by atoms with Gasteiger partial charge in [-0.1, -0.05) is 18.7 Å². The van der Waals surface area contributed by atoms with Crippen molar-refractivity contribution >= 4 is 17.7 Å². The highest BCUT2D eigenvalue weighted by Gasteiger charge is 2.25. The van der Waals surface area contributed by atoms with Crippen molar-refractivity contribution in [1.29, 1.82) is 0 Å². The second-order valence-corrected chi connectivity index (χ2v) is 7.72. The van der Waals surface area contributed by atoms with E-state index in [4.69, 9.17) is 4.74 Å². The number of thioether (sulfide) groups is 1. The number of carbonyl (C=O) groups excluding carboxylic acids is 1. The molecule has 0 bridgehead atoms. The molecule has 1 aliphatic rings. The van der Waals surface area contributed by atoms with Crippen LogP contribution in [0.2, 0.25) is 0 Å². The fourth-order valence-corrected chi connectivity index (χ4v) is 4.03. The van der Waals surface area contributed by atoms with Crippen LogP contribution in [0.4, 0.5) is 0 Å². The average molecular weight is 375 g/mol. The van der Waals surface area contributed by atoms with Crippen LogP contribution in [0.25, 0.3) is 5.69 Å². The van der Waals surface area contributed by atoms with Crippen molar-refractivity contribution in [2.45, 2.75) is 43.8 Å². The minimum absolute atomic E-state index is 0.124. The molecule has 0 atom stereocenters. The molecule has 8 heteroatoms. The first-order valence-corrected chi connectivity index (χ1v) is 9.88. The van der Waals surface area contributed by atoms with Crippen molar-refractivity contribution in [3.8, 4) is 11.4 Å². The number of amides is 1. The van der Waals surface area contributed by atoms with Crippen molar-refractivity contribution < 1.29 is 9.53 Å². The lowest BCUT2D eigenvalue weighted by atomic mass is 9.87. The molecule has 7 nitrogen and oxygen atoms in total. The van der Waals surface area contributed by atoms with Crippen LogP contribution in [0.3, 0.4) is 0 Å². The third-order valence-electron chi connectivity index (χ3n) is 5.01. The molecule has 0 aliphatic heterocycles. The van der Waals surface area contributed by atoms with Gasteiger partial charge in [0.1, 0.15) is 5.75 Å². The van der Waals surface area contributed by atoms with Crippen LogP contribution in [0, 0.1) is 5.92 Å². The predicted octanol–water partition coefficient (Wildman–Crippen LogP) is 2.80. The second kappa shape index (κ2) is 8.53. The van der Waals surface area contributed by atoms with Crippen LogP contribution >= 0.6 is 11.8 Å². The van der Waals surface area contributed by atoms with Gasteiger partial charge < -0.3 is 9.64 Å². The van der Waals surface area contributed by atoms with E-state index >= 15 is 0 Å². The van der Waals surface area contributed by atoms with Crippen LogP contribution in [0.1, 0.15) is 32.6 Å². The Balaban J connectivity index is 1.59. The maximum Gasteiger partial charge on any atom is 0.233 e. The summed E-state index contributed by atoms with van der Waals surface area (Å²) < 4.78 is 6.81. The molecule has 1 aromatic carbocycles. The van der Waals surface area contributed by atoms with Crippen molar-refractivity contribution in [3.63, 3.8) is 0 Å². The average Bonchev–Trinajstić information content (AvgIpc) is 3.14. The van der Waals surface area contributed by atoms with E-state index in [2.05, 4.69) is 22.4 Å². The number of ether oxygens (including phenoxy) is 1. The van der Waals surface area contributed by atoms with Crippen LogP contribution in [0.15, 0.2) is 29.4 Å². The van der Waals surface area contributed by atoms with Crippen LogP contribution in [-0.4, -0.2) is 57.0 Å². The smallest absolute Gasteiger partial charge is 0.233 e. The molecule has 0 radical (unpaired) electrons. The first-order valence-electron chi connectivity index (χ1n) is 8.89. The molecular weight excluding hydrogens is 350 g/mol. The second-order valence-electron chi connectivity index (χ2n) is 6.78. The van der Waals surface area contributed by atoms with E-state index in [0.29, 0.717) is 17.0 Å². The van der Waals surface area contributed by atoms with Gasteiger partial charge in [-0.3, -0.25) is 4.79 Å². The summed E-state index contributed by atoms with van der Waals surface area (Å²) in [6.45, 7) is 2.28. The first-order chi connectivity index (χ1) is 12.6. The quantitative estimate of drug-likeness (QED) is 0.723. The Hall–Kier alpha value is -2.09. The summed E-state index contributed by atoms with van der Waals surface area (Å²) in [6, 6.07) is 7.84. The number of hydrogen-bond donors (Lipinski definition) is 0. The first kappa shape index (κ1) is 18.7.